The molecule has 0 aromatic carbocycles. The molecule has 2 unspecified atom stereocenters. The minimum atomic E-state index is -1.20. The molecule has 4 nitrogen and oxygen atoms in total. The van der Waals surface area contributed by atoms with Gasteiger partial charge in [0.05, 0.1) is 12.3 Å². The number of nitrogens with zero attached hydrogens (tertiary/aromatic N) is 2. The zero-order valence-electron chi connectivity index (χ0n) is 14.9. The summed E-state index contributed by atoms with van der Waals surface area (Å²) in [5.74, 6) is -0.130. The van der Waals surface area contributed by atoms with Crippen molar-refractivity contribution < 1.29 is 14.2 Å². The SMILES string of the molecule is CC1(F)C2C[C@@]1(C)Cc1c2c(CO)nn1COCC[Si](C)(C)C. The van der Waals surface area contributed by atoms with Gasteiger partial charge in [0.15, 0.2) is 0 Å². The van der Waals surface area contributed by atoms with Crippen LogP contribution in [0, 0.1) is 5.41 Å². The van der Waals surface area contributed by atoms with Crippen LogP contribution in [0.1, 0.15) is 43.1 Å². The molecule has 0 spiro atoms. The number of aliphatic hydroxyl groups excluding tert-OH is 1. The van der Waals surface area contributed by atoms with Gasteiger partial charge in [-0.1, -0.05) is 26.6 Å². The fourth-order valence-corrected chi connectivity index (χ4v) is 4.78. The zero-order chi connectivity index (χ0) is 17.0. The predicted octanol–water partition coefficient (Wildman–Crippen LogP) is 3.47. The molecular weight excluding hydrogens is 311 g/mol. The molecule has 130 valence electrons. The van der Waals surface area contributed by atoms with E-state index in [-0.39, 0.29) is 17.9 Å². The minimum absolute atomic E-state index is 0.130. The molecule has 0 radical (unpaired) electrons. The van der Waals surface area contributed by atoms with Crippen molar-refractivity contribution in [3.8, 4) is 0 Å². The average Bonchev–Trinajstić information content (AvgIpc) is 2.79. The molecule has 1 aromatic heterocycles. The number of aromatic nitrogens is 2. The number of hydrogen-bond donors (Lipinski definition) is 1. The molecule has 2 bridgehead atoms. The third kappa shape index (κ3) is 2.68. The Kier molecular flexibility index (Phi) is 4.01. The summed E-state index contributed by atoms with van der Waals surface area (Å²) in [6.45, 7) is 11.7. The van der Waals surface area contributed by atoms with Crippen LogP contribution in [0.2, 0.25) is 25.7 Å². The van der Waals surface area contributed by atoms with Crippen LogP contribution in [-0.4, -0.2) is 35.2 Å². The molecule has 0 aliphatic heterocycles. The second-order valence-corrected chi connectivity index (χ2v) is 14.5. The summed E-state index contributed by atoms with van der Waals surface area (Å²) in [5, 5.41) is 14.1. The van der Waals surface area contributed by atoms with Crippen molar-refractivity contribution in [1.82, 2.24) is 9.78 Å². The van der Waals surface area contributed by atoms with E-state index >= 15 is 0 Å². The van der Waals surface area contributed by atoms with Crippen molar-refractivity contribution in [2.45, 2.75) is 77.3 Å². The second-order valence-electron chi connectivity index (χ2n) is 8.88. The lowest BCUT2D eigenvalue weighted by Gasteiger charge is -2.60. The lowest BCUT2D eigenvalue weighted by molar-refractivity contribution is -0.118. The lowest BCUT2D eigenvalue weighted by atomic mass is 9.46. The summed E-state index contributed by atoms with van der Waals surface area (Å²) >= 11 is 0. The van der Waals surface area contributed by atoms with Gasteiger partial charge in [-0.05, 0) is 25.8 Å². The molecule has 3 aliphatic carbocycles. The lowest BCUT2D eigenvalue weighted by Crippen LogP contribution is -2.60. The smallest absolute Gasteiger partial charge is 0.139 e. The van der Waals surface area contributed by atoms with E-state index in [0.29, 0.717) is 18.8 Å². The van der Waals surface area contributed by atoms with Crippen molar-refractivity contribution in [2.24, 2.45) is 5.41 Å². The molecule has 3 atom stereocenters. The highest BCUT2D eigenvalue weighted by molar-refractivity contribution is 6.76. The Bertz CT molecular complexity index is 608. The van der Waals surface area contributed by atoms with Crippen LogP contribution in [0.25, 0.3) is 0 Å². The fraction of sp³-hybridized carbons (Fsp3) is 0.824. The van der Waals surface area contributed by atoms with Gasteiger partial charge in [0.1, 0.15) is 12.4 Å². The van der Waals surface area contributed by atoms with Gasteiger partial charge < -0.3 is 9.84 Å². The third-order valence-electron chi connectivity index (χ3n) is 5.93. The maximum atomic E-state index is 15.0. The van der Waals surface area contributed by atoms with E-state index in [9.17, 15) is 9.50 Å². The second kappa shape index (κ2) is 5.39. The number of rotatable bonds is 6. The van der Waals surface area contributed by atoms with Gasteiger partial charge in [0.25, 0.3) is 0 Å². The highest BCUT2D eigenvalue weighted by atomic mass is 28.3. The first-order valence-electron chi connectivity index (χ1n) is 8.55. The Morgan fingerprint density at radius 2 is 2.09 bits per heavy atom. The molecule has 0 saturated heterocycles. The summed E-state index contributed by atoms with van der Waals surface area (Å²) < 4.78 is 22.7. The molecule has 4 rings (SSSR count). The first kappa shape index (κ1) is 17.1. The zero-order valence-corrected chi connectivity index (χ0v) is 15.9. The average molecular weight is 341 g/mol. The van der Waals surface area contributed by atoms with Gasteiger partial charge in [-0.3, -0.25) is 0 Å². The Hall–Kier alpha value is -0.723. The van der Waals surface area contributed by atoms with Gasteiger partial charge in [0.2, 0.25) is 0 Å². The van der Waals surface area contributed by atoms with E-state index in [4.69, 9.17) is 4.74 Å². The Balaban J connectivity index is 1.77. The summed E-state index contributed by atoms with van der Waals surface area (Å²) in [6, 6.07) is 1.12. The number of ether oxygens (including phenoxy) is 1. The molecule has 1 saturated carbocycles. The van der Waals surface area contributed by atoms with Crippen molar-refractivity contribution in [2.75, 3.05) is 6.61 Å². The van der Waals surface area contributed by atoms with Crippen LogP contribution >= 0.6 is 0 Å². The highest BCUT2D eigenvalue weighted by Gasteiger charge is 2.66. The molecule has 1 heterocycles. The van der Waals surface area contributed by atoms with Crippen molar-refractivity contribution in [3.63, 3.8) is 0 Å². The minimum Gasteiger partial charge on any atom is -0.390 e. The predicted molar refractivity (Wildman–Crippen MR) is 90.9 cm³/mol. The van der Waals surface area contributed by atoms with Gasteiger partial charge in [-0.2, -0.15) is 5.10 Å². The molecule has 6 heteroatoms. The highest BCUT2D eigenvalue weighted by Crippen LogP contribution is 2.66. The summed E-state index contributed by atoms with van der Waals surface area (Å²) in [4.78, 5) is 0. The van der Waals surface area contributed by atoms with E-state index in [1.807, 2.05) is 11.6 Å². The monoisotopic (exact) mass is 340 g/mol. The summed E-state index contributed by atoms with van der Waals surface area (Å²) in [6.07, 6.45) is 1.53. The quantitative estimate of drug-likeness (QED) is 0.637. The molecule has 0 amide bonds. The summed E-state index contributed by atoms with van der Waals surface area (Å²) in [5.41, 5.74) is 1.12. The Morgan fingerprint density at radius 1 is 1.39 bits per heavy atom. The Labute approximate surface area is 139 Å². The number of aliphatic hydroxyl groups is 1. The van der Waals surface area contributed by atoms with Crippen molar-refractivity contribution in [1.29, 1.82) is 0 Å². The van der Waals surface area contributed by atoms with Gasteiger partial charge >= 0.3 is 0 Å². The standard InChI is InChI=1S/C17H29FN2O2Si/c1-16-8-12(17(16,2)18)15-13(10-21)19-20(14(15)9-16)11-22-6-7-23(3,4)5/h12,21H,6-11H2,1-5H3/t12?,16-,17?/m0/s1. The van der Waals surface area contributed by atoms with Crippen LogP contribution < -0.4 is 0 Å². The van der Waals surface area contributed by atoms with E-state index in [0.717, 1.165) is 30.3 Å². The van der Waals surface area contributed by atoms with E-state index < -0.39 is 13.7 Å². The van der Waals surface area contributed by atoms with E-state index in [1.54, 1.807) is 6.92 Å². The largest absolute Gasteiger partial charge is 0.390 e. The maximum Gasteiger partial charge on any atom is 0.139 e. The fourth-order valence-electron chi connectivity index (χ4n) is 4.03. The first-order chi connectivity index (χ1) is 10.6. The normalized spacial score (nSPS) is 32.6. The number of halogens is 1. The Morgan fingerprint density at radius 3 is 2.65 bits per heavy atom. The molecule has 23 heavy (non-hydrogen) atoms. The van der Waals surface area contributed by atoms with Gasteiger partial charge in [-0.15, -0.1) is 0 Å². The topological polar surface area (TPSA) is 47.3 Å². The summed E-state index contributed by atoms with van der Waals surface area (Å²) in [7, 11) is -1.10. The van der Waals surface area contributed by atoms with Crippen LogP contribution in [-0.2, 0) is 24.5 Å². The molecular formula is C17H29FN2O2Si. The van der Waals surface area contributed by atoms with Crippen molar-refractivity contribution in [3.05, 3.63) is 17.0 Å². The number of alkyl halides is 1. The van der Waals surface area contributed by atoms with Gasteiger partial charge in [-0.25, -0.2) is 9.07 Å². The van der Waals surface area contributed by atoms with Crippen LogP contribution in [0.4, 0.5) is 4.39 Å². The van der Waals surface area contributed by atoms with E-state index in [2.05, 4.69) is 24.7 Å². The molecule has 3 aliphatic rings. The van der Waals surface area contributed by atoms with Crippen LogP contribution in [0.3, 0.4) is 0 Å². The van der Waals surface area contributed by atoms with Gasteiger partial charge in [0, 0.05) is 37.3 Å². The first-order valence-corrected chi connectivity index (χ1v) is 12.3. The van der Waals surface area contributed by atoms with Crippen LogP contribution in [0.5, 0.6) is 0 Å². The van der Waals surface area contributed by atoms with Crippen molar-refractivity contribution >= 4 is 8.07 Å². The molecule has 1 fully saturated rings. The maximum absolute atomic E-state index is 15.0. The van der Waals surface area contributed by atoms with Crippen LogP contribution in [0.15, 0.2) is 0 Å². The number of hydrogen-bond acceptors (Lipinski definition) is 3. The third-order valence-corrected chi connectivity index (χ3v) is 7.63. The molecule has 1 N–H and O–H groups in total. The van der Waals surface area contributed by atoms with E-state index in [1.165, 1.54) is 0 Å². The molecule has 1 aromatic rings.